The lowest BCUT2D eigenvalue weighted by molar-refractivity contribution is -0.140. The van der Waals surface area contributed by atoms with Crippen LogP contribution in [0.3, 0.4) is 0 Å². The fourth-order valence-electron chi connectivity index (χ4n) is 7.08. The van der Waals surface area contributed by atoms with E-state index in [0.717, 1.165) is 48.2 Å². The van der Waals surface area contributed by atoms with Crippen LogP contribution in [0.25, 0.3) is 0 Å². The third-order valence-electron chi connectivity index (χ3n) is 9.14. The van der Waals surface area contributed by atoms with Crippen LogP contribution >= 0.6 is 0 Å². The number of carbonyl (C=O) groups is 1. The molecule has 1 aromatic rings. The van der Waals surface area contributed by atoms with E-state index in [0.29, 0.717) is 12.4 Å². The van der Waals surface area contributed by atoms with E-state index in [2.05, 4.69) is 19.1 Å². The molecule has 0 spiro atoms. The summed E-state index contributed by atoms with van der Waals surface area (Å²) in [7, 11) is 0. The molecule has 3 aliphatic carbocycles. The van der Waals surface area contributed by atoms with Gasteiger partial charge >= 0.3 is 5.97 Å². The number of rotatable bonds is 9. The Labute approximate surface area is 213 Å². The van der Waals surface area contributed by atoms with Crippen molar-refractivity contribution < 1.29 is 14.3 Å². The molecule has 3 heteroatoms. The van der Waals surface area contributed by atoms with Gasteiger partial charge in [-0.15, -0.1) is 0 Å². The summed E-state index contributed by atoms with van der Waals surface area (Å²) in [6.45, 7) is 4.66. The molecule has 35 heavy (non-hydrogen) atoms. The predicted octanol–water partition coefficient (Wildman–Crippen LogP) is 8.54. The van der Waals surface area contributed by atoms with Crippen molar-refractivity contribution in [3.8, 4) is 11.5 Å². The zero-order valence-electron chi connectivity index (χ0n) is 22.0. The fraction of sp³-hybridized carbons (Fsp3) is 0.656. The summed E-state index contributed by atoms with van der Waals surface area (Å²) in [5.74, 6) is 6.06. The maximum atomic E-state index is 12.8. The number of esters is 1. The first-order chi connectivity index (χ1) is 17.2. The molecule has 3 fully saturated rings. The van der Waals surface area contributed by atoms with Crippen molar-refractivity contribution in [3.63, 3.8) is 0 Å². The van der Waals surface area contributed by atoms with Crippen LogP contribution in [-0.4, -0.2) is 12.6 Å². The van der Waals surface area contributed by atoms with E-state index in [-0.39, 0.29) is 11.9 Å². The number of ether oxygens (including phenoxy) is 2. The molecule has 0 bridgehead atoms. The van der Waals surface area contributed by atoms with Crippen LogP contribution < -0.4 is 9.47 Å². The van der Waals surface area contributed by atoms with Gasteiger partial charge in [0, 0.05) is 0 Å². The molecule has 0 radical (unpaired) electrons. The fourth-order valence-corrected chi connectivity index (χ4v) is 7.08. The molecular formula is C32H46O3. The summed E-state index contributed by atoms with van der Waals surface area (Å²) in [6.07, 6.45) is 24.2. The Morgan fingerprint density at radius 1 is 0.771 bits per heavy atom. The van der Waals surface area contributed by atoms with Crippen molar-refractivity contribution in [2.45, 2.75) is 90.9 Å². The van der Waals surface area contributed by atoms with E-state index >= 15 is 0 Å². The largest absolute Gasteiger partial charge is 0.490 e. The summed E-state index contributed by atoms with van der Waals surface area (Å²) >= 11 is 0. The highest BCUT2D eigenvalue weighted by Crippen LogP contribution is 2.49. The van der Waals surface area contributed by atoms with E-state index in [4.69, 9.17) is 9.47 Å². The van der Waals surface area contributed by atoms with Gasteiger partial charge < -0.3 is 9.47 Å². The smallest absolute Gasteiger partial charge is 0.314 e. The molecule has 3 nitrogen and oxygen atoms in total. The molecule has 4 atom stereocenters. The third-order valence-corrected chi connectivity index (χ3v) is 9.14. The quantitative estimate of drug-likeness (QED) is 0.203. The Balaban J connectivity index is 1.18. The number of carbonyl (C=O) groups excluding carboxylic acids is 1. The van der Waals surface area contributed by atoms with Gasteiger partial charge in [-0.05, 0) is 138 Å². The van der Waals surface area contributed by atoms with E-state index in [1.165, 1.54) is 64.2 Å². The molecule has 0 saturated heterocycles. The summed E-state index contributed by atoms with van der Waals surface area (Å²) in [4.78, 5) is 12.8. The molecule has 0 heterocycles. The topological polar surface area (TPSA) is 35.5 Å². The minimum absolute atomic E-state index is 0.0500. The lowest BCUT2D eigenvalue weighted by Crippen LogP contribution is -2.35. The zero-order chi connectivity index (χ0) is 24.5. The molecular weight excluding hydrogens is 432 g/mol. The Morgan fingerprint density at radius 2 is 1.37 bits per heavy atom. The highest BCUT2D eigenvalue weighted by atomic mass is 16.5. The molecule has 0 aromatic heterocycles. The highest BCUT2D eigenvalue weighted by Gasteiger charge is 2.39. The van der Waals surface area contributed by atoms with Gasteiger partial charge in [0.15, 0.2) is 0 Å². The highest BCUT2D eigenvalue weighted by molar-refractivity contribution is 5.75. The van der Waals surface area contributed by atoms with Crippen molar-refractivity contribution in [3.05, 3.63) is 48.6 Å². The average molecular weight is 479 g/mol. The van der Waals surface area contributed by atoms with Crippen LogP contribution in [0.2, 0.25) is 0 Å². The van der Waals surface area contributed by atoms with Gasteiger partial charge in [0.1, 0.15) is 18.1 Å². The maximum absolute atomic E-state index is 12.8. The van der Waals surface area contributed by atoms with Gasteiger partial charge in [0.2, 0.25) is 0 Å². The standard InChI is InChI=1S/C32H46O3/c1-3-5-7-8-24-9-10-29-23-28(16-15-27(29)22-24)25-11-13-26(14-12-25)32(33)35-31-19-17-30(18-20-31)34-21-6-4-2/h3-6,17-20,24-29H,7-16,21-23H2,1-2H3/b5-3+,6-4+. The maximum Gasteiger partial charge on any atom is 0.314 e. The van der Waals surface area contributed by atoms with Crippen LogP contribution in [0.1, 0.15) is 90.9 Å². The molecule has 0 amide bonds. The lowest BCUT2D eigenvalue weighted by atomic mass is 9.60. The second kappa shape index (κ2) is 13.3. The van der Waals surface area contributed by atoms with Crippen molar-refractivity contribution in [1.29, 1.82) is 0 Å². The van der Waals surface area contributed by atoms with Gasteiger partial charge in [-0.25, -0.2) is 0 Å². The number of benzene rings is 1. The Hall–Kier alpha value is -2.03. The monoisotopic (exact) mass is 478 g/mol. The van der Waals surface area contributed by atoms with E-state index in [1.807, 2.05) is 43.3 Å². The summed E-state index contributed by atoms with van der Waals surface area (Å²) in [6, 6.07) is 7.41. The number of hydrogen-bond acceptors (Lipinski definition) is 3. The molecule has 3 aliphatic rings. The second-order valence-electron chi connectivity index (χ2n) is 11.3. The van der Waals surface area contributed by atoms with Crippen molar-refractivity contribution in [1.82, 2.24) is 0 Å². The molecule has 0 N–H and O–H groups in total. The Kier molecular flexibility index (Phi) is 9.92. The summed E-state index contributed by atoms with van der Waals surface area (Å²) in [5, 5.41) is 0. The molecule has 4 rings (SSSR count). The van der Waals surface area contributed by atoms with E-state index in [9.17, 15) is 4.79 Å². The third kappa shape index (κ3) is 7.48. The number of fused-ring (bicyclic) bond motifs is 1. The number of allylic oxidation sites excluding steroid dienone is 3. The molecule has 4 unspecified atom stereocenters. The Morgan fingerprint density at radius 3 is 2.09 bits per heavy atom. The van der Waals surface area contributed by atoms with Crippen molar-refractivity contribution >= 4 is 5.97 Å². The second-order valence-corrected chi connectivity index (χ2v) is 11.3. The van der Waals surface area contributed by atoms with Gasteiger partial charge in [-0.2, -0.15) is 0 Å². The normalized spacial score (nSPS) is 31.4. The van der Waals surface area contributed by atoms with Gasteiger partial charge in [0.25, 0.3) is 0 Å². The predicted molar refractivity (Wildman–Crippen MR) is 144 cm³/mol. The van der Waals surface area contributed by atoms with Crippen LogP contribution in [0.4, 0.5) is 0 Å². The van der Waals surface area contributed by atoms with E-state index < -0.39 is 0 Å². The summed E-state index contributed by atoms with van der Waals surface area (Å²) < 4.78 is 11.3. The Bertz CT molecular complexity index is 831. The van der Waals surface area contributed by atoms with Crippen LogP contribution in [-0.2, 0) is 4.79 Å². The summed E-state index contributed by atoms with van der Waals surface area (Å²) in [5.41, 5.74) is 0. The van der Waals surface area contributed by atoms with Crippen LogP contribution in [0, 0.1) is 35.5 Å². The molecule has 1 aromatic carbocycles. The first kappa shape index (κ1) is 26.0. The van der Waals surface area contributed by atoms with Gasteiger partial charge in [-0.1, -0.05) is 30.7 Å². The van der Waals surface area contributed by atoms with Crippen molar-refractivity contribution in [2.75, 3.05) is 6.61 Å². The lowest BCUT2D eigenvalue weighted by Gasteiger charge is -2.45. The zero-order valence-corrected chi connectivity index (χ0v) is 22.0. The first-order valence-corrected chi connectivity index (χ1v) is 14.3. The van der Waals surface area contributed by atoms with Crippen molar-refractivity contribution in [2.24, 2.45) is 35.5 Å². The van der Waals surface area contributed by atoms with Crippen LogP contribution in [0.15, 0.2) is 48.6 Å². The molecule has 3 saturated carbocycles. The first-order valence-electron chi connectivity index (χ1n) is 14.3. The van der Waals surface area contributed by atoms with Gasteiger partial charge in [-0.3, -0.25) is 4.79 Å². The number of hydrogen-bond donors (Lipinski definition) is 0. The van der Waals surface area contributed by atoms with Crippen LogP contribution in [0.5, 0.6) is 11.5 Å². The van der Waals surface area contributed by atoms with Gasteiger partial charge in [0.05, 0.1) is 5.92 Å². The molecule has 0 aliphatic heterocycles. The average Bonchev–Trinajstić information content (AvgIpc) is 2.90. The SMILES string of the molecule is C/C=C/CCC1CCC2CC(C3CCC(C(=O)Oc4ccc(OC/C=C/C)cc4)CC3)CCC2C1. The minimum Gasteiger partial charge on any atom is -0.490 e. The minimum atomic E-state index is -0.0500. The molecule has 192 valence electrons. The van der Waals surface area contributed by atoms with E-state index in [1.54, 1.807) is 0 Å².